The van der Waals surface area contributed by atoms with Crippen LogP contribution in [0.4, 0.5) is 5.69 Å². The Morgan fingerprint density at radius 1 is 0.923 bits per heavy atom. The molecule has 1 N–H and O–H groups in total. The van der Waals surface area contributed by atoms with E-state index in [0.717, 1.165) is 19.0 Å². The number of amides is 2. The van der Waals surface area contributed by atoms with Gasteiger partial charge in [-0.2, -0.15) is 0 Å². The normalized spacial score (nSPS) is 12.2. The molecule has 9 heteroatoms. The van der Waals surface area contributed by atoms with Gasteiger partial charge in [0.25, 0.3) is 10.0 Å². The lowest BCUT2D eigenvalue weighted by Gasteiger charge is -2.33. The zero-order valence-electron chi connectivity index (χ0n) is 22.8. The van der Waals surface area contributed by atoms with Crippen molar-refractivity contribution < 1.29 is 18.0 Å². The molecule has 1 atom stereocenters. The van der Waals surface area contributed by atoms with Gasteiger partial charge in [-0.1, -0.05) is 68.8 Å². The number of carbonyl (C=O) groups excluding carboxylic acids is 2. The summed E-state index contributed by atoms with van der Waals surface area (Å²) in [7, 11) is -4.07. The third kappa shape index (κ3) is 8.28. The SMILES string of the molecule is CC[C@H](C(=O)NCC(C)C)N(Cc1ccc(C)cc1)C(=O)CN(c1ccc(I)cc1)S(=O)(=O)c1ccccc1. The van der Waals surface area contributed by atoms with Gasteiger partial charge in [0.2, 0.25) is 11.8 Å². The molecule has 3 aromatic rings. The number of sulfonamides is 1. The largest absolute Gasteiger partial charge is 0.354 e. The molecule has 0 aliphatic carbocycles. The van der Waals surface area contributed by atoms with Gasteiger partial charge in [0.05, 0.1) is 10.6 Å². The van der Waals surface area contributed by atoms with E-state index in [-0.39, 0.29) is 23.3 Å². The average Bonchev–Trinajstić information content (AvgIpc) is 2.92. The van der Waals surface area contributed by atoms with Crippen LogP contribution in [-0.4, -0.2) is 44.3 Å². The van der Waals surface area contributed by atoms with Crippen molar-refractivity contribution in [3.05, 3.63) is 93.6 Å². The first-order chi connectivity index (χ1) is 18.5. The fourth-order valence-corrected chi connectivity index (χ4v) is 5.88. The lowest BCUT2D eigenvalue weighted by atomic mass is 10.1. The molecule has 0 radical (unpaired) electrons. The van der Waals surface area contributed by atoms with Crippen LogP contribution >= 0.6 is 22.6 Å². The third-order valence-corrected chi connectivity index (χ3v) is 8.78. The first-order valence-electron chi connectivity index (χ1n) is 13.0. The Labute approximate surface area is 245 Å². The molecule has 0 spiro atoms. The van der Waals surface area contributed by atoms with E-state index >= 15 is 0 Å². The molecule has 208 valence electrons. The Balaban J connectivity index is 2.02. The summed E-state index contributed by atoms with van der Waals surface area (Å²) < 4.78 is 29.7. The Bertz CT molecular complexity index is 1350. The highest BCUT2D eigenvalue weighted by Crippen LogP contribution is 2.25. The zero-order chi connectivity index (χ0) is 28.6. The van der Waals surface area contributed by atoms with Gasteiger partial charge in [0, 0.05) is 16.7 Å². The number of halogens is 1. The summed E-state index contributed by atoms with van der Waals surface area (Å²) in [5.41, 5.74) is 2.31. The Morgan fingerprint density at radius 3 is 2.10 bits per heavy atom. The Hall–Kier alpha value is -2.92. The zero-order valence-corrected chi connectivity index (χ0v) is 25.8. The fourth-order valence-electron chi connectivity index (χ4n) is 4.09. The predicted molar refractivity (Wildman–Crippen MR) is 164 cm³/mol. The van der Waals surface area contributed by atoms with Crippen LogP contribution in [0.15, 0.2) is 83.8 Å². The van der Waals surface area contributed by atoms with Crippen molar-refractivity contribution in [2.24, 2.45) is 5.92 Å². The summed E-state index contributed by atoms with van der Waals surface area (Å²) in [6.07, 6.45) is 0.385. The highest BCUT2D eigenvalue weighted by Gasteiger charge is 2.33. The highest BCUT2D eigenvalue weighted by molar-refractivity contribution is 14.1. The molecule has 0 heterocycles. The molecule has 0 saturated heterocycles. The van der Waals surface area contributed by atoms with E-state index in [0.29, 0.717) is 18.7 Å². The summed E-state index contributed by atoms with van der Waals surface area (Å²) in [5.74, 6) is -0.460. The molecule has 3 rings (SSSR count). The van der Waals surface area contributed by atoms with E-state index in [9.17, 15) is 18.0 Å². The lowest BCUT2D eigenvalue weighted by Crippen LogP contribution is -2.52. The van der Waals surface area contributed by atoms with Crippen LogP contribution in [0.2, 0.25) is 0 Å². The molecule has 39 heavy (non-hydrogen) atoms. The minimum Gasteiger partial charge on any atom is -0.354 e. The third-order valence-electron chi connectivity index (χ3n) is 6.27. The minimum absolute atomic E-state index is 0.0863. The van der Waals surface area contributed by atoms with E-state index in [4.69, 9.17) is 0 Å². The Kier molecular flexibility index (Phi) is 10.9. The predicted octanol–water partition coefficient (Wildman–Crippen LogP) is 5.37. The lowest BCUT2D eigenvalue weighted by molar-refractivity contribution is -0.140. The van der Waals surface area contributed by atoms with Gasteiger partial charge >= 0.3 is 0 Å². The number of aryl methyl sites for hydroxylation is 1. The van der Waals surface area contributed by atoms with E-state index in [1.807, 2.05) is 52.0 Å². The van der Waals surface area contributed by atoms with E-state index in [1.54, 1.807) is 42.5 Å². The van der Waals surface area contributed by atoms with Crippen LogP contribution in [0.3, 0.4) is 0 Å². The molecule has 2 amide bonds. The van der Waals surface area contributed by atoms with Gasteiger partial charge < -0.3 is 10.2 Å². The smallest absolute Gasteiger partial charge is 0.264 e. The van der Waals surface area contributed by atoms with Gasteiger partial charge in [-0.15, -0.1) is 0 Å². The van der Waals surface area contributed by atoms with Crippen LogP contribution in [0.1, 0.15) is 38.3 Å². The van der Waals surface area contributed by atoms with Gasteiger partial charge in [-0.05, 0) is 83.8 Å². The molecular formula is C30H36IN3O4S. The average molecular weight is 662 g/mol. The van der Waals surface area contributed by atoms with Gasteiger partial charge in [0.15, 0.2) is 0 Å². The van der Waals surface area contributed by atoms with Crippen LogP contribution in [0.5, 0.6) is 0 Å². The molecule has 0 aliphatic rings. The maximum Gasteiger partial charge on any atom is 0.264 e. The topological polar surface area (TPSA) is 86.8 Å². The Morgan fingerprint density at radius 2 is 1.54 bits per heavy atom. The molecule has 0 fully saturated rings. The van der Waals surface area contributed by atoms with Gasteiger partial charge in [0.1, 0.15) is 12.6 Å². The minimum atomic E-state index is -4.07. The van der Waals surface area contributed by atoms with Gasteiger partial charge in [-0.3, -0.25) is 13.9 Å². The maximum atomic E-state index is 14.0. The summed E-state index contributed by atoms with van der Waals surface area (Å²) >= 11 is 2.15. The van der Waals surface area contributed by atoms with Crippen molar-refractivity contribution in [2.75, 3.05) is 17.4 Å². The summed E-state index contributed by atoms with van der Waals surface area (Å²) in [5, 5.41) is 2.95. The van der Waals surface area contributed by atoms with Crippen LogP contribution < -0.4 is 9.62 Å². The van der Waals surface area contributed by atoms with E-state index in [2.05, 4.69) is 27.9 Å². The van der Waals surface area contributed by atoms with Crippen molar-refractivity contribution in [1.29, 1.82) is 0 Å². The van der Waals surface area contributed by atoms with Crippen molar-refractivity contribution in [3.63, 3.8) is 0 Å². The monoisotopic (exact) mass is 661 g/mol. The fraction of sp³-hybridized carbons (Fsp3) is 0.333. The second-order valence-electron chi connectivity index (χ2n) is 9.87. The number of rotatable bonds is 12. The molecule has 0 bridgehead atoms. The second kappa shape index (κ2) is 13.9. The van der Waals surface area contributed by atoms with E-state index in [1.165, 1.54) is 17.0 Å². The summed E-state index contributed by atoms with van der Waals surface area (Å²) in [6, 6.07) is 22.0. The van der Waals surface area contributed by atoms with Crippen LogP contribution in [0, 0.1) is 16.4 Å². The standard InChI is InChI=1S/C30H36IN3O4S/c1-5-28(30(36)32-19-22(2)3)33(20-24-13-11-23(4)12-14-24)29(35)21-34(26-17-15-25(31)16-18-26)39(37,38)27-9-7-6-8-10-27/h6-18,22,28H,5,19-21H2,1-4H3,(H,32,36)/t28-/m1/s1. The number of nitrogens with zero attached hydrogens (tertiary/aromatic N) is 2. The van der Waals surface area contributed by atoms with Crippen molar-refractivity contribution in [1.82, 2.24) is 10.2 Å². The number of carbonyl (C=O) groups is 2. The first kappa shape index (κ1) is 30.6. The molecule has 3 aromatic carbocycles. The molecule has 0 aliphatic heterocycles. The van der Waals surface area contributed by atoms with Crippen LogP contribution in [-0.2, 0) is 26.2 Å². The molecular weight excluding hydrogens is 625 g/mol. The molecule has 0 aromatic heterocycles. The highest BCUT2D eigenvalue weighted by atomic mass is 127. The first-order valence-corrected chi connectivity index (χ1v) is 15.5. The number of benzene rings is 3. The van der Waals surface area contributed by atoms with Crippen molar-refractivity contribution in [2.45, 2.75) is 51.6 Å². The second-order valence-corrected chi connectivity index (χ2v) is 13.0. The molecule has 0 saturated carbocycles. The van der Waals surface area contributed by atoms with Crippen molar-refractivity contribution in [3.8, 4) is 0 Å². The quantitative estimate of drug-likeness (QED) is 0.265. The summed E-state index contributed by atoms with van der Waals surface area (Å²) in [4.78, 5) is 28.9. The summed E-state index contributed by atoms with van der Waals surface area (Å²) in [6.45, 7) is 8.06. The number of hydrogen-bond acceptors (Lipinski definition) is 4. The number of hydrogen-bond donors (Lipinski definition) is 1. The maximum absolute atomic E-state index is 14.0. The van der Waals surface area contributed by atoms with Crippen molar-refractivity contribution >= 4 is 50.1 Å². The number of anilines is 1. The molecule has 7 nitrogen and oxygen atoms in total. The van der Waals surface area contributed by atoms with E-state index < -0.39 is 28.5 Å². The number of nitrogens with one attached hydrogen (secondary N) is 1. The molecule has 0 unspecified atom stereocenters. The van der Waals surface area contributed by atoms with Crippen LogP contribution in [0.25, 0.3) is 0 Å². The van der Waals surface area contributed by atoms with Gasteiger partial charge in [-0.25, -0.2) is 8.42 Å².